The molecule has 18 heavy (non-hydrogen) atoms. The minimum absolute atomic E-state index is 0.163. The summed E-state index contributed by atoms with van der Waals surface area (Å²) in [6.45, 7) is 3.56. The highest BCUT2D eigenvalue weighted by Crippen LogP contribution is 2.16. The molecule has 0 bridgehead atoms. The van der Waals surface area contributed by atoms with Gasteiger partial charge in [0.1, 0.15) is 0 Å². The van der Waals surface area contributed by atoms with E-state index < -0.39 is 5.41 Å². The lowest BCUT2D eigenvalue weighted by Gasteiger charge is -2.21. The van der Waals surface area contributed by atoms with Crippen LogP contribution in [0.25, 0.3) is 5.65 Å². The van der Waals surface area contributed by atoms with Crippen LogP contribution in [0.2, 0.25) is 0 Å². The molecule has 0 atom stereocenters. The first-order chi connectivity index (χ1) is 8.45. The lowest BCUT2D eigenvalue weighted by molar-refractivity contribution is -0.130. The van der Waals surface area contributed by atoms with Crippen molar-refractivity contribution in [1.82, 2.24) is 19.6 Å². The molecule has 0 saturated carbocycles. The van der Waals surface area contributed by atoms with E-state index in [4.69, 9.17) is 5.84 Å². The van der Waals surface area contributed by atoms with Crippen molar-refractivity contribution in [2.24, 2.45) is 11.3 Å². The fraction of sp³-hybridized carbons (Fsp3) is 0.364. The lowest BCUT2D eigenvalue weighted by Crippen LogP contribution is -2.44. The fourth-order valence-electron chi connectivity index (χ4n) is 1.71. The number of amides is 1. The summed E-state index contributed by atoms with van der Waals surface area (Å²) in [5.41, 5.74) is 1.55. The third kappa shape index (κ3) is 2.00. The van der Waals surface area contributed by atoms with E-state index in [1.54, 1.807) is 38.2 Å². The van der Waals surface area contributed by atoms with Gasteiger partial charge in [0.2, 0.25) is 5.91 Å². The van der Waals surface area contributed by atoms with Crippen molar-refractivity contribution in [2.45, 2.75) is 20.4 Å². The second-order valence-electron chi connectivity index (χ2n) is 4.73. The van der Waals surface area contributed by atoms with Gasteiger partial charge < -0.3 is 0 Å². The second kappa shape index (κ2) is 4.26. The Morgan fingerprint density at radius 1 is 1.50 bits per heavy atom. The minimum Gasteiger partial charge on any atom is -0.294 e. The first-order valence-electron chi connectivity index (χ1n) is 5.51. The van der Waals surface area contributed by atoms with Crippen molar-refractivity contribution in [3.8, 4) is 0 Å². The molecule has 0 saturated heterocycles. The number of nitrogens with zero attached hydrogens (tertiary/aromatic N) is 3. The number of pyridine rings is 1. The Balaban J connectivity index is 2.41. The zero-order chi connectivity index (χ0) is 13.3. The van der Waals surface area contributed by atoms with E-state index >= 15 is 0 Å². The summed E-state index contributed by atoms with van der Waals surface area (Å²) < 4.78 is 2.70. The smallest absolute Gasteiger partial charge is 0.294 e. The molecule has 0 fully saturated rings. The molecule has 0 aliphatic rings. The molecule has 7 heteroatoms. The highest BCUT2D eigenvalue weighted by atomic mass is 16.2. The number of aromatic nitrogens is 3. The van der Waals surface area contributed by atoms with E-state index in [1.165, 1.54) is 9.08 Å². The van der Waals surface area contributed by atoms with Crippen LogP contribution in [0.5, 0.6) is 0 Å². The Hall–Kier alpha value is -2.15. The highest BCUT2D eigenvalue weighted by Gasteiger charge is 2.29. The van der Waals surface area contributed by atoms with Gasteiger partial charge in [-0.2, -0.15) is 0 Å². The van der Waals surface area contributed by atoms with Crippen molar-refractivity contribution in [2.75, 3.05) is 0 Å². The first-order valence-corrected chi connectivity index (χ1v) is 5.51. The van der Waals surface area contributed by atoms with Crippen molar-refractivity contribution in [3.63, 3.8) is 0 Å². The number of rotatable bonds is 3. The predicted octanol–water partition coefficient (Wildman–Crippen LogP) is -0.488. The molecule has 0 spiro atoms. The summed E-state index contributed by atoms with van der Waals surface area (Å²) in [6, 6.07) is 5.27. The molecule has 0 unspecified atom stereocenters. The summed E-state index contributed by atoms with van der Waals surface area (Å²) in [4.78, 5) is 23.6. The van der Waals surface area contributed by atoms with Crippen molar-refractivity contribution < 1.29 is 4.79 Å². The Bertz CT molecular complexity index is 640. The van der Waals surface area contributed by atoms with Crippen LogP contribution in [0.4, 0.5) is 0 Å². The van der Waals surface area contributed by atoms with Crippen LogP contribution in [0.15, 0.2) is 29.2 Å². The van der Waals surface area contributed by atoms with Crippen LogP contribution in [-0.4, -0.2) is 20.1 Å². The SMILES string of the molecule is CC(C)(Cn1nc2ccccn2c1=O)C(=O)NN. The topological polar surface area (TPSA) is 94.4 Å². The van der Waals surface area contributed by atoms with Crippen LogP contribution in [0.3, 0.4) is 0 Å². The molecular weight excluding hydrogens is 234 g/mol. The number of hydrogen-bond acceptors (Lipinski definition) is 4. The number of nitrogens with two attached hydrogens (primary N) is 1. The Kier molecular flexibility index (Phi) is 2.92. The number of hydrogen-bond donors (Lipinski definition) is 2. The van der Waals surface area contributed by atoms with Gasteiger partial charge in [-0.1, -0.05) is 6.07 Å². The molecule has 0 aliphatic carbocycles. The van der Waals surface area contributed by atoms with Gasteiger partial charge in [-0.3, -0.25) is 14.6 Å². The number of nitrogens with one attached hydrogen (secondary N) is 1. The molecule has 7 nitrogen and oxygen atoms in total. The van der Waals surface area contributed by atoms with Crippen LogP contribution < -0.4 is 17.0 Å². The zero-order valence-electron chi connectivity index (χ0n) is 10.3. The van der Waals surface area contributed by atoms with Crippen molar-refractivity contribution in [1.29, 1.82) is 0 Å². The van der Waals surface area contributed by atoms with Gasteiger partial charge in [-0.05, 0) is 26.0 Å². The summed E-state index contributed by atoms with van der Waals surface area (Å²) >= 11 is 0. The Labute approximate surface area is 103 Å². The van der Waals surface area contributed by atoms with Gasteiger partial charge in [0.25, 0.3) is 0 Å². The molecule has 2 aromatic heterocycles. The van der Waals surface area contributed by atoms with Gasteiger partial charge in [0.05, 0.1) is 12.0 Å². The third-order valence-corrected chi connectivity index (χ3v) is 2.78. The van der Waals surface area contributed by atoms with Gasteiger partial charge in [0.15, 0.2) is 5.65 Å². The quantitative estimate of drug-likeness (QED) is 0.436. The standard InChI is InChI=1S/C11H15N5O2/c1-11(2,9(17)13-12)7-16-10(18)15-6-4-3-5-8(15)14-16/h3-6H,7,12H2,1-2H3,(H,13,17). The van der Waals surface area contributed by atoms with Crippen LogP contribution in [-0.2, 0) is 11.3 Å². The molecule has 1 amide bonds. The third-order valence-electron chi connectivity index (χ3n) is 2.78. The van der Waals surface area contributed by atoms with Crippen LogP contribution >= 0.6 is 0 Å². The normalized spacial score (nSPS) is 11.7. The van der Waals surface area contributed by atoms with Crippen LogP contribution in [0.1, 0.15) is 13.8 Å². The van der Waals surface area contributed by atoms with E-state index in [9.17, 15) is 9.59 Å². The summed E-state index contributed by atoms with van der Waals surface area (Å²) in [6.07, 6.45) is 1.64. The maximum atomic E-state index is 12.0. The minimum atomic E-state index is -0.809. The molecular formula is C11H15N5O2. The molecule has 0 radical (unpaired) electrons. The maximum Gasteiger partial charge on any atom is 0.350 e. The number of fused-ring (bicyclic) bond motifs is 1. The monoisotopic (exact) mass is 249 g/mol. The maximum absolute atomic E-state index is 12.0. The van der Waals surface area contributed by atoms with Crippen molar-refractivity contribution >= 4 is 11.6 Å². The Morgan fingerprint density at radius 2 is 2.22 bits per heavy atom. The van der Waals surface area contributed by atoms with E-state index in [0.29, 0.717) is 5.65 Å². The molecule has 0 aliphatic heterocycles. The molecule has 2 aromatic rings. The average Bonchev–Trinajstić information content (AvgIpc) is 2.65. The predicted molar refractivity (Wildman–Crippen MR) is 65.6 cm³/mol. The van der Waals surface area contributed by atoms with Crippen LogP contribution in [0, 0.1) is 5.41 Å². The average molecular weight is 249 g/mol. The zero-order valence-corrected chi connectivity index (χ0v) is 10.3. The summed E-state index contributed by atoms with van der Waals surface area (Å²) in [5, 5.41) is 4.16. The van der Waals surface area contributed by atoms with E-state index in [-0.39, 0.29) is 18.1 Å². The van der Waals surface area contributed by atoms with Crippen molar-refractivity contribution in [3.05, 3.63) is 34.9 Å². The fourth-order valence-corrected chi connectivity index (χ4v) is 1.71. The highest BCUT2D eigenvalue weighted by molar-refractivity contribution is 5.81. The lowest BCUT2D eigenvalue weighted by atomic mass is 9.93. The van der Waals surface area contributed by atoms with E-state index in [0.717, 1.165) is 0 Å². The molecule has 0 aromatic carbocycles. The first kappa shape index (κ1) is 12.3. The molecule has 2 heterocycles. The molecule has 2 rings (SSSR count). The largest absolute Gasteiger partial charge is 0.350 e. The number of hydrazine groups is 1. The number of carbonyl (C=O) groups is 1. The second-order valence-corrected chi connectivity index (χ2v) is 4.73. The van der Waals surface area contributed by atoms with Gasteiger partial charge >= 0.3 is 5.69 Å². The van der Waals surface area contributed by atoms with E-state index in [1.807, 2.05) is 0 Å². The van der Waals surface area contributed by atoms with Gasteiger partial charge in [0, 0.05) is 6.20 Å². The van der Waals surface area contributed by atoms with E-state index in [2.05, 4.69) is 10.5 Å². The summed E-state index contributed by atoms with van der Waals surface area (Å²) in [7, 11) is 0. The Morgan fingerprint density at radius 3 is 2.83 bits per heavy atom. The van der Waals surface area contributed by atoms with Gasteiger partial charge in [-0.15, -0.1) is 5.10 Å². The molecule has 3 N–H and O–H groups in total. The number of carbonyl (C=O) groups excluding carboxylic acids is 1. The van der Waals surface area contributed by atoms with Gasteiger partial charge in [-0.25, -0.2) is 15.3 Å². The molecule has 96 valence electrons. The summed E-state index contributed by atoms with van der Waals surface area (Å²) in [5.74, 6) is 4.77.